The van der Waals surface area contributed by atoms with Gasteiger partial charge in [0.05, 0.1) is 22.9 Å². The van der Waals surface area contributed by atoms with E-state index < -0.39 is 33.5 Å². The quantitative estimate of drug-likeness (QED) is 0.717. The molecule has 27 heavy (non-hydrogen) atoms. The summed E-state index contributed by atoms with van der Waals surface area (Å²) in [6.07, 6.45) is 0.956. The Morgan fingerprint density at radius 2 is 1.85 bits per heavy atom. The fraction of sp³-hybridized carbons (Fsp3) is 0.500. The van der Waals surface area contributed by atoms with E-state index in [1.807, 2.05) is 4.72 Å². The van der Waals surface area contributed by atoms with E-state index in [1.54, 1.807) is 7.11 Å². The first-order valence-electron chi connectivity index (χ1n) is 8.16. The zero-order chi connectivity index (χ0) is 20.4. The van der Waals surface area contributed by atoms with Crippen LogP contribution in [0.2, 0.25) is 0 Å². The molecule has 1 aliphatic heterocycles. The number of ether oxygens (including phenoxy) is 1. The van der Waals surface area contributed by atoms with Crippen molar-refractivity contribution in [3.05, 3.63) is 29.1 Å². The van der Waals surface area contributed by atoms with Crippen molar-refractivity contribution >= 4 is 27.8 Å². The summed E-state index contributed by atoms with van der Waals surface area (Å²) >= 11 is 0. The van der Waals surface area contributed by atoms with Crippen LogP contribution in [0.15, 0.2) is 12.1 Å². The minimum Gasteiger partial charge on any atom is -0.478 e. The van der Waals surface area contributed by atoms with Crippen molar-refractivity contribution in [3.8, 4) is 0 Å². The minimum absolute atomic E-state index is 0.0369. The molecule has 0 atom stereocenters. The predicted octanol–water partition coefficient (Wildman–Crippen LogP) is 0.675. The molecule has 11 heteroatoms. The van der Waals surface area contributed by atoms with Crippen LogP contribution in [0.3, 0.4) is 0 Å². The summed E-state index contributed by atoms with van der Waals surface area (Å²) in [5.74, 6) is -3.66. The number of piperidine rings is 1. The highest BCUT2D eigenvalue weighted by Crippen LogP contribution is 2.24. The first-order chi connectivity index (χ1) is 12.6. The lowest BCUT2D eigenvalue weighted by molar-refractivity contribution is 0.0601. The Hall–Kier alpha value is -2.24. The molecule has 0 aliphatic carbocycles. The Morgan fingerprint density at radius 1 is 1.26 bits per heavy atom. The van der Waals surface area contributed by atoms with Crippen molar-refractivity contribution < 1.29 is 32.2 Å². The van der Waals surface area contributed by atoms with Gasteiger partial charge in [-0.25, -0.2) is 13.9 Å². The molecule has 1 aliphatic rings. The third-order valence-corrected chi connectivity index (χ3v) is 5.83. The third kappa shape index (κ3) is 4.73. The smallest absolute Gasteiger partial charge is 0.338 e. The zero-order valence-electron chi connectivity index (χ0n) is 15.2. The topological polar surface area (TPSA) is 116 Å². The van der Waals surface area contributed by atoms with E-state index in [0.717, 1.165) is 16.4 Å². The van der Waals surface area contributed by atoms with E-state index in [9.17, 15) is 22.4 Å². The van der Waals surface area contributed by atoms with Gasteiger partial charge in [-0.05, 0) is 25.0 Å². The van der Waals surface area contributed by atoms with Gasteiger partial charge in [-0.15, -0.1) is 0 Å². The van der Waals surface area contributed by atoms with Crippen LogP contribution in [-0.2, 0) is 14.9 Å². The molecule has 0 radical (unpaired) electrons. The van der Waals surface area contributed by atoms with E-state index in [0.29, 0.717) is 12.8 Å². The third-order valence-electron chi connectivity index (χ3n) is 4.34. The summed E-state index contributed by atoms with van der Waals surface area (Å²) in [7, 11) is 0.482. The van der Waals surface area contributed by atoms with Gasteiger partial charge in [-0.2, -0.15) is 12.7 Å². The van der Waals surface area contributed by atoms with Crippen LogP contribution in [0.4, 0.5) is 10.1 Å². The number of carboxylic acid groups (broad SMARTS) is 1. The molecule has 150 valence electrons. The minimum atomic E-state index is -4.12. The molecule has 9 nitrogen and oxygen atoms in total. The number of carbonyl (C=O) groups is 2. The van der Waals surface area contributed by atoms with Crippen LogP contribution >= 0.6 is 0 Å². The fourth-order valence-electron chi connectivity index (χ4n) is 2.82. The summed E-state index contributed by atoms with van der Waals surface area (Å²) in [5, 5.41) is 9.03. The summed E-state index contributed by atoms with van der Waals surface area (Å²) in [5.41, 5.74) is -0.808. The van der Waals surface area contributed by atoms with Crippen LogP contribution in [0, 0.1) is 5.82 Å². The standard InChI is InChI=1S/C16H22FN3O6S/c1-19(2)14-9-11(16(22)23)13(17)8-12(14)15(21)18-27(24,25)20-6-4-10(26-3)5-7-20/h8-10H,4-7H2,1-3H3,(H,18,21)(H,22,23). The number of nitrogens with zero attached hydrogens (tertiary/aromatic N) is 2. The molecule has 0 unspecified atom stereocenters. The lowest BCUT2D eigenvalue weighted by Gasteiger charge is -2.30. The Bertz CT molecular complexity index is 835. The number of nitrogens with one attached hydrogen (secondary N) is 1. The van der Waals surface area contributed by atoms with Crippen molar-refractivity contribution in [2.45, 2.75) is 18.9 Å². The van der Waals surface area contributed by atoms with Crippen molar-refractivity contribution in [1.82, 2.24) is 9.03 Å². The van der Waals surface area contributed by atoms with Crippen LogP contribution in [-0.4, -0.2) is 70.1 Å². The van der Waals surface area contributed by atoms with E-state index >= 15 is 0 Å². The van der Waals surface area contributed by atoms with E-state index in [-0.39, 0.29) is 30.4 Å². The second-order valence-corrected chi connectivity index (χ2v) is 7.99. The molecule has 0 aromatic heterocycles. The number of carbonyl (C=O) groups excluding carboxylic acids is 1. The lowest BCUT2D eigenvalue weighted by atomic mass is 10.1. The van der Waals surface area contributed by atoms with E-state index in [1.165, 1.54) is 19.0 Å². The van der Waals surface area contributed by atoms with Crippen molar-refractivity contribution in [1.29, 1.82) is 0 Å². The second kappa shape index (κ2) is 8.19. The number of hydrogen-bond acceptors (Lipinski definition) is 6. The summed E-state index contributed by atoms with van der Waals surface area (Å²) in [4.78, 5) is 25.0. The largest absolute Gasteiger partial charge is 0.478 e. The zero-order valence-corrected chi connectivity index (χ0v) is 16.0. The molecule has 0 spiro atoms. The molecule has 1 aromatic rings. The lowest BCUT2D eigenvalue weighted by Crippen LogP contribution is -2.48. The van der Waals surface area contributed by atoms with Gasteiger partial charge >= 0.3 is 16.2 Å². The highest BCUT2D eigenvalue weighted by molar-refractivity contribution is 7.87. The summed E-state index contributed by atoms with van der Waals surface area (Å²) in [6, 6.07) is 1.71. The number of anilines is 1. The SMILES string of the molecule is COC1CCN(S(=O)(=O)NC(=O)c2cc(F)c(C(=O)O)cc2N(C)C)CC1. The van der Waals surface area contributed by atoms with Crippen LogP contribution in [0.25, 0.3) is 0 Å². The maximum atomic E-state index is 14.0. The Morgan fingerprint density at radius 3 is 2.33 bits per heavy atom. The van der Waals surface area contributed by atoms with Gasteiger partial charge in [-0.3, -0.25) is 4.79 Å². The molecule has 0 saturated carbocycles. The van der Waals surface area contributed by atoms with Crippen LogP contribution < -0.4 is 9.62 Å². The average Bonchev–Trinajstić information content (AvgIpc) is 2.60. The van der Waals surface area contributed by atoms with Gasteiger partial charge in [-0.1, -0.05) is 0 Å². The van der Waals surface area contributed by atoms with Gasteiger partial charge in [0.25, 0.3) is 5.91 Å². The number of benzene rings is 1. The molecule has 1 heterocycles. The molecule has 2 rings (SSSR count). The predicted molar refractivity (Wildman–Crippen MR) is 95.7 cm³/mol. The van der Waals surface area contributed by atoms with Crippen LogP contribution in [0.1, 0.15) is 33.6 Å². The number of amides is 1. The van der Waals surface area contributed by atoms with Gasteiger partial charge in [0.15, 0.2) is 0 Å². The van der Waals surface area contributed by atoms with Gasteiger partial charge in [0.2, 0.25) is 0 Å². The molecule has 1 aromatic carbocycles. The molecule has 1 amide bonds. The Labute approximate surface area is 156 Å². The molecule has 1 saturated heterocycles. The van der Waals surface area contributed by atoms with Crippen molar-refractivity contribution in [3.63, 3.8) is 0 Å². The highest BCUT2D eigenvalue weighted by atomic mass is 32.2. The van der Waals surface area contributed by atoms with E-state index in [4.69, 9.17) is 9.84 Å². The Balaban J connectivity index is 2.27. The first-order valence-corrected chi connectivity index (χ1v) is 9.60. The maximum Gasteiger partial charge on any atom is 0.338 e. The second-order valence-electron chi connectivity index (χ2n) is 6.32. The fourth-order valence-corrected chi connectivity index (χ4v) is 3.99. The Kier molecular flexibility index (Phi) is 6.39. The summed E-state index contributed by atoms with van der Waals surface area (Å²) < 4.78 is 47.2. The maximum absolute atomic E-state index is 14.0. The monoisotopic (exact) mass is 403 g/mol. The van der Waals surface area contributed by atoms with Crippen molar-refractivity contribution in [2.24, 2.45) is 0 Å². The molecule has 1 fully saturated rings. The van der Waals surface area contributed by atoms with Gasteiger partial charge in [0, 0.05) is 34.3 Å². The summed E-state index contributed by atoms with van der Waals surface area (Å²) in [6.45, 7) is 0.377. The van der Waals surface area contributed by atoms with E-state index in [2.05, 4.69) is 0 Å². The number of rotatable bonds is 6. The number of carboxylic acids is 1. The van der Waals surface area contributed by atoms with Gasteiger partial charge in [0.1, 0.15) is 5.82 Å². The molecular formula is C16H22FN3O6S. The molecule has 0 bridgehead atoms. The number of aromatic carboxylic acids is 1. The average molecular weight is 403 g/mol. The molecule has 2 N–H and O–H groups in total. The first kappa shape index (κ1) is 21.1. The highest BCUT2D eigenvalue weighted by Gasteiger charge is 2.31. The molecular weight excluding hydrogens is 381 g/mol. The number of hydrogen-bond donors (Lipinski definition) is 2. The van der Waals surface area contributed by atoms with Crippen LogP contribution in [0.5, 0.6) is 0 Å². The normalized spacial score (nSPS) is 16.1. The van der Waals surface area contributed by atoms with Crippen molar-refractivity contribution in [2.75, 3.05) is 39.2 Å². The van der Waals surface area contributed by atoms with Gasteiger partial charge < -0.3 is 14.7 Å². The number of methoxy groups -OCH3 is 1. The number of halogens is 1.